The van der Waals surface area contributed by atoms with Crippen LogP contribution in [0.25, 0.3) is 0 Å². The van der Waals surface area contributed by atoms with E-state index in [2.05, 4.69) is 26.5 Å². The first-order chi connectivity index (χ1) is 8.93. The second kappa shape index (κ2) is 5.52. The van der Waals surface area contributed by atoms with Crippen molar-refractivity contribution < 1.29 is 9.53 Å². The molecule has 0 bridgehead atoms. The number of allylic oxidation sites excluding steroid dienone is 2. The molecule has 2 nitrogen and oxygen atoms in total. The van der Waals surface area contributed by atoms with Crippen molar-refractivity contribution in [3.8, 4) is 0 Å². The summed E-state index contributed by atoms with van der Waals surface area (Å²) in [6.45, 7) is 9.78. The van der Waals surface area contributed by atoms with Crippen molar-refractivity contribution in [2.24, 2.45) is 11.8 Å². The molecule has 0 aliphatic heterocycles. The first kappa shape index (κ1) is 14.4. The zero-order valence-corrected chi connectivity index (χ0v) is 12.5. The lowest BCUT2D eigenvalue weighted by atomic mass is 9.65. The van der Waals surface area contributed by atoms with Gasteiger partial charge in [-0.25, -0.2) is 4.79 Å². The van der Waals surface area contributed by atoms with Crippen LogP contribution in [0.15, 0.2) is 23.8 Å². The van der Waals surface area contributed by atoms with Gasteiger partial charge in [-0.05, 0) is 58.8 Å². The van der Waals surface area contributed by atoms with E-state index in [1.165, 1.54) is 24.8 Å². The maximum atomic E-state index is 12.0. The number of carbonyl (C=O) groups excluding carboxylic acids is 1. The Labute approximate surface area is 116 Å². The van der Waals surface area contributed by atoms with Crippen LogP contribution in [0.3, 0.4) is 0 Å². The highest BCUT2D eigenvalue weighted by atomic mass is 16.6. The fraction of sp³-hybridized carbons (Fsp3) is 0.706. The number of hydrogen-bond acceptors (Lipinski definition) is 2. The highest BCUT2D eigenvalue weighted by Gasteiger charge is 2.47. The Morgan fingerprint density at radius 1 is 1.37 bits per heavy atom. The second-order valence-electron chi connectivity index (χ2n) is 6.50. The van der Waals surface area contributed by atoms with Crippen molar-refractivity contribution in [2.75, 3.05) is 0 Å². The fourth-order valence-corrected chi connectivity index (χ4v) is 3.25. The van der Waals surface area contributed by atoms with Gasteiger partial charge in [0.15, 0.2) is 0 Å². The third-order valence-electron chi connectivity index (χ3n) is 5.03. The Kier molecular flexibility index (Phi) is 4.17. The van der Waals surface area contributed by atoms with Gasteiger partial charge in [0.05, 0.1) is 0 Å². The zero-order chi connectivity index (χ0) is 14.0. The molecule has 0 spiro atoms. The van der Waals surface area contributed by atoms with E-state index in [4.69, 9.17) is 4.74 Å². The monoisotopic (exact) mass is 262 g/mol. The van der Waals surface area contributed by atoms with Gasteiger partial charge in [0, 0.05) is 11.5 Å². The lowest BCUT2D eigenvalue weighted by Crippen LogP contribution is -2.49. The number of esters is 1. The van der Waals surface area contributed by atoms with Crippen LogP contribution in [-0.4, -0.2) is 11.6 Å². The number of ether oxygens (including phenoxy) is 1. The molecule has 1 saturated carbocycles. The third-order valence-corrected chi connectivity index (χ3v) is 5.03. The zero-order valence-electron chi connectivity index (χ0n) is 12.5. The SMILES string of the molecule is C=C(C)C(=O)OC(C)(C1CC=C(C)CC1)C1CCC1. The van der Waals surface area contributed by atoms with Gasteiger partial charge >= 0.3 is 5.97 Å². The Bertz CT molecular complexity index is 403. The normalized spacial score (nSPS) is 26.9. The number of carbonyl (C=O) groups is 1. The molecule has 0 radical (unpaired) electrons. The fourth-order valence-electron chi connectivity index (χ4n) is 3.25. The smallest absolute Gasteiger partial charge is 0.333 e. The molecular formula is C17H26O2. The summed E-state index contributed by atoms with van der Waals surface area (Å²) in [5, 5.41) is 0. The van der Waals surface area contributed by atoms with Crippen LogP contribution in [0.4, 0.5) is 0 Å². The van der Waals surface area contributed by atoms with E-state index in [-0.39, 0.29) is 11.6 Å². The molecule has 2 atom stereocenters. The molecule has 0 heterocycles. The minimum absolute atomic E-state index is 0.222. The first-order valence-electron chi connectivity index (χ1n) is 7.48. The van der Waals surface area contributed by atoms with Gasteiger partial charge in [-0.1, -0.05) is 24.6 Å². The van der Waals surface area contributed by atoms with E-state index in [9.17, 15) is 4.79 Å². The highest BCUT2D eigenvalue weighted by Crippen LogP contribution is 2.47. The molecule has 0 saturated heterocycles. The largest absolute Gasteiger partial charge is 0.455 e. The minimum atomic E-state index is -0.300. The van der Waals surface area contributed by atoms with Crippen molar-refractivity contribution >= 4 is 5.97 Å². The molecule has 2 aliphatic carbocycles. The quantitative estimate of drug-likeness (QED) is 0.426. The Morgan fingerprint density at radius 3 is 2.47 bits per heavy atom. The van der Waals surface area contributed by atoms with Gasteiger partial charge in [-0.3, -0.25) is 0 Å². The van der Waals surface area contributed by atoms with Crippen LogP contribution in [-0.2, 0) is 9.53 Å². The van der Waals surface area contributed by atoms with Crippen molar-refractivity contribution in [2.45, 2.75) is 64.9 Å². The Balaban J connectivity index is 2.14. The summed E-state index contributed by atoms with van der Waals surface area (Å²) in [7, 11) is 0. The van der Waals surface area contributed by atoms with Gasteiger partial charge in [-0.15, -0.1) is 0 Å². The topological polar surface area (TPSA) is 26.3 Å². The van der Waals surface area contributed by atoms with E-state index in [1.54, 1.807) is 6.92 Å². The predicted octanol–water partition coefficient (Wildman–Crippen LogP) is 4.41. The van der Waals surface area contributed by atoms with Gasteiger partial charge < -0.3 is 4.74 Å². The molecule has 0 N–H and O–H groups in total. The lowest BCUT2D eigenvalue weighted by molar-refractivity contribution is -0.173. The van der Waals surface area contributed by atoms with Gasteiger partial charge in [0.2, 0.25) is 0 Å². The van der Waals surface area contributed by atoms with Crippen molar-refractivity contribution in [1.29, 1.82) is 0 Å². The Morgan fingerprint density at radius 2 is 2.05 bits per heavy atom. The average molecular weight is 262 g/mol. The van der Waals surface area contributed by atoms with Gasteiger partial charge in [0.1, 0.15) is 5.60 Å². The van der Waals surface area contributed by atoms with Crippen LogP contribution in [0.1, 0.15) is 59.3 Å². The summed E-state index contributed by atoms with van der Waals surface area (Å²) in [4.78, 5) is 12.0. The maximum Gasteiger partial charge on any atom is 0.333 e. The molecule has 19 heavy (non-hydrogen) atoms. The van der Waals surface area contributed by atoms with Crippen LogP contribution in [0, 0.1) is 11.8 Å². The predicted molar refractivity (Wildman–Crippen MR) is 77.8 cm³/mol. The van der Waals surface area contributed by atoms with Crippen LogP contribution in [0.5, 0.6) is 0 Å². The third kappa shape index (κ3) is 2.93. The first-order valence-corrected chi connectivity index (χ1v) is 7.48. The molecular weight excluding hydrogens is 236 g/mol. The van der Waals surface area contributed by atoms with E-state index in [0.717, 1.165) is 19.3 Å². The van der Waals surface area contributed by atoms with E-state index < -0.39 is 0 Å². The lowest BCUT2D eigenvalue weighted by Gasteiger charge is -2.47. The van der Waals surface area contributed by atoms with E-state index >= 15 is 0 Å². The van der Waals surface area contributed by atoms with Crippen molar-refractivity contribution in [3.05, 3.63) is 23.8 Å². The summed E-state index contributed by atoms with van der Waals surface area (Å²) >= 11 is 0. The molecule has 0 aromatic rings. The summed E-state index contributed by atoms with van der Waals surface area (Å²) in [6, 6.07) is 0. The minimum Gasteiger partial charge on any atom is -0.455 e. The molecule has 106 valence electrons. The maximum absolute atomic E-state index is 12.0. The van der Waals surface area contributed by atoms with Crippen molar-refractivity contribution in [3.63, 3.8) is 0 Å². The Hall–Kier alpha value is -1.05. The van der Waals surface area contributed by atoms with E-state index in [1.807, 2.05) is 0 Å². The second-order valence-corrected chi connectivity index (χ2v) is 6.50. The summed E-state index contributed by atoms with van der Waals surface area (Å²) in [6.07, 6.45) is 9.29. The molecule has 0 amide bonds. The average Bonchev–Trinajstić information content (AvgIpc) is 2.26. The van der Waals surface area contributed by atoms with Crippen LogP contribution < -0.4 is 0 Å². The van der Waals surface area contributed by atoms with Gasteiger partial charge in [-0.2, -0.15) is 0 Å². The molecule has 1 fully saturated rings. The molecule has 0 aromatic heterocycles. The number of hydrogen-bond donors (Lipinski definition) is 0. The highest BCUT2D eigenvalue weighted by molar-refractivity contribution is 5.87. The summed E-state index contributed by atoms with van der Waals surface area (Å²) in [5.74, 6) is 0.776. The van der Waals surface area contributed by atoms with E-state index in [0.29, 0.717) is 17.4 Å². The van der Waals surface area contributed by atoms with Gasteiger partial charge in [0.25, 0.3) is 0 Å². The van der Waals surface area contributed by atoms with Crippen molar-refractivity contribution in [1.82, 2.24) is 0 Å². The number of rotatable bonds is 4. The van der Waals surface area contributed by atoms with Crippen LogP contribution in [0.2, 0.25) is 0 Å². The summed E-state index contributed by atoms with van der Waals surface area (Å²) in [5.41, 5.74) is 1.68. The molecule has 2 rings (SSSR count). The molecule has 2 unspecified atom stereocenters. The molecule has 2 aliphatic rings. The molecule has 0 aromatic carbocycles. The van der Waals surface area contributed by atoms with Crippen LogP contribution >= 0.6 is 0 Å². The molecule has 2 heteroatoms. The summed E-state index contributed by atoms with van der Waals surface area (Å²) < 4.78 is 5.91. The standard InChI is InChI=1S/C17H26O2/c1-12(2)16(18)19-17(4,14-6-5-7-14)15-10-8-13(3)9-11-15/h8,14-15H,1,5-7,9-11H2,2-4H3.